The zero-order valence-electron chi connectivity index (χ0n) is 17.3. The quantitative estimate of drug-likeness (QED) is 0.710. The Bertz CT molecular complexity index is 839. The lowest BCUT2D eigenvalue weighted by Crippen LogP contribution is -2.40. The van der Waals surface area contributed by atoms with Gasteiger partial charge < -0.3 is 14.8 Å². The number of amides is 1. The van der Waals surface area contributed by atoms with Gasteiger partial charge in [-0.15, -0.1) is 0 Å². The van der Waals surface area contributed by atoms with E-state index in [0.29, 0.717) is 36.2 Å². The molecular weight excluding hydrogens is 364 g/mol. The number of rotatable bonds is 8. The molecule has 2 aliphatic carbocycles. The molecule has 1 heterocycles. The molecule has 5 heteroatoms. The van der Waals surface area contributed by atoms with Crippen LogP contribution in [0.2, 0.25) is 0 Å². The fourth-order valence-electron chi connectivity index (χ4n) is 4.98. The smallest absolute Gasteiger partial charge is 0.251 e. The Labute approximate surface area is 172 Å². The van der Waals surface area contributed by atoms with Crippen molar-refractivity contribution >= 4 is 5.91 Å². The maximum absolute atomic E-state index is 12.8. The van der Waals surface area contributed by atoms with Gasteiger partial charge in [-0.2, -0.15) is 0 Å². The second-order valence-corrected chi connectivity index (χ2v) is 8.35. The fraction of sp³-hybridized carbons (Fsp3) is 0.500. The number of benzene rings is 1. The number of ether oxygens (including phenoxy) is 2. The van der Waals surface area contributed by atoms with Crippen molar-refractivity contribution in [2.45, 2.75) is 52.2 Å². The molecule has 1 amide bonds. The van der Waals surface area contributed by atoms with E-state index in [2.05, 4.69) is 17.2 Å². The molecule has 2 saturated carbocycles. The van der Waals surface area contributed by atoms with Gasteiger partial charge in [0, 0.05) is 29.6 Å². The first-order valence-corrected chi connectivity index (χ1v) is 10.7. The molecule has 154 valence electrons. The Morgan fingerprint density at radius 2 is 2.10 bits per heavy atom. The zero-order chi connectivity index (χ0) is 20.2. The maximum Gasteiger partial charge on any atom is 0.251 e. The molecular formula is C24H30N2O3. The molecule has 0 saturated heterocycles. The van der Waals surface area contributed by atoms with E-state index in [1.807, 2.05) is 31.2 Å². The minimum absolute atomic E-state index is 0.0416. The summed E-state index contributed by atoms with van der Waals surface area (Å²) < 4.78 is 11.7. The highest BCUT2D eigenvalue weighted by Crippen LogP contribution is 2.49. The molecule has 1 aromatic carbocycles. The third kappa shape index (κ3) is 4.55. The van der Waals surface area contributed by atoms with Crippen LogP contribution in [0.25, 0.3) is 0 Å². The Balaban J connectivity index is 1.41. The number of aromatic nitrogens is 1. The van der Waals surface area contributed by atoms with E-state index < -0.39 is 0 Å². The van der Waals surface area contributed by atoms with Crippen molar-refractivity contribution < 1.29 is 14.3 Å². The van der Waals surface area contributed by atoms with Crippen LogP contribution in [0, 0.1) is 17.8 Å². The third-order valence-electron chi connectivity index (χ3n) is 6.42. The molecule has 29 heavy (non-hydrogen) atoms. The summed E-state index contributed by atoms with van der Waals surface area (Å²) in [7, 11) is 0. The summed E-state index contributed by atoms with van der Waals surface area (Å²) in [6.45, 7) is 4.99. The van der Waals surface area contributed by atoms with Gasteiger partial charge in [-0.05, 0) is 75.1 Å². The minimum atomic E-state index is -0.0416. The minimum Gasteiger partial charge on any atom is -0.490 e. The van der Waals surface area contributed by atoms with Gasteiger partial charge in [-0.25, -0.2) is 0 Å². The average Bonchev–Trinajstić information content (AvgIpc) is 3.37. The molecule has 1 aromatic heterocycles. The first-order chi connectivity index (χ1) is 14.1. The molecule has 5 nitrogen and oxygen atoms in total. The van der Waals surface area contributed by atoms with E-state index in [1.54, 1.807) is 18.5 Å². The second kappa shape index (κ2) is 8.85. The number of nitrogens with zero attached hydrogens (tertiary/aromatic N) is 1. The molecule has 4 atom stereocenters. The van der Waals surface area contributed by atoms with Gasteiger partial charge in [0.25, 0.3) is 5.91 Å². The summed E-state index contributed by atoms with van der Waals surface area (Å²) in [6.07, 6.45) is 8.83. The van der Waals surface area contributed by atoms with E-state index in [4.69, 9.17) is 9.47 Å². The van der Waals surface area contributed by atoms with E-state index in [9.17, 15) is 4.79 Å². The van der Waals surface area contributed by atoms with Crippen LogP contribution < -0.4 is 14.8 Å². The van der Waals surface area contributed by atoms with Gasteiger partial charge >= 0.3 is 0 Å². The maximum atomic E-state index is 12.8. The van der Waals surface area contributed by atoms with E-state index in [-0.39, 0.29) is 11.9 Å². The molecule has 2 fully saturated rings. The van der Waals surface area contributed by atoms with Crippen LogP contribution >= 0.6 is 0 Å². The summed E-state index contributed by atoms with van der Waals surface area (Å²) >= 11 is 0. The van der Waals surface area contributed by atoms with Gasteiger partial charge in [0.1, 0.15) is 6.61 Å². The monoisotopic (exact) mass is 394 g/mol. The number of hydrogen-bond acceptors (Lipinski definition) is 4. The van der Waals surface area contributed by atoms with Crippen molar-refractivity contribution in [3.63, 3.8) is 0 Å². The van der Waals surface area contributed by atoms with Crippen LogP contribution in [0.15, 0.2) is 42.7 Å². The van der Waals surface area contributed by atoms with Crippen LogP contribution in [0.4, 0.5) is 0 Å². The van der Waals surface area contributed by atoms with Crippen molar-refractivity contribution in [2.75, 3.05) is 6.61 Å². The largest absolute Gasteiger partial charge is 0.490 e. The predicted molar refractivity (Wildman–Crippen MR) is 112 cm³/mol. The summed E-state index contributed by atoms with van der Waals surface area (Å²) in [5.74, 6) is 3.47. The van der Waals surface area contributed by atoms with Crippen molar-refractivity contribution in [2.24, 2.45) is 17.8 Å². The van der Waals surface area contributed by atoms with Crippen molar-refractivity contribution in [3.05, 3.63) is 53.9 Å². The molecule has 1 N–H and O–H groups in total. The predicted octanol–water partition coefficient (Wildman–Crippen LogP) is 4.61. The molecule has 2 aromatic rings. The number of carbonyl (C=O) groups is 1. The molecule has 2 bridgehead atoms. The van der Waals surface area contributed by atoms with Gasteiger partial charge in [0.2, 0.25) is 0 Å². The lowest BCUT2D eigenvalue weighted by molar-refractivity contribution is 0.0914. The van der Waals surface area contributed by atoms with Gasteiger partial charge in [0.05, 0.1) is 6.61 Å². The van der Waals surface area contributed by atoms with Crippen LogP contribution in [-0.4, -0.2) is 23.5 Å². The highest BCUT2D eigenvalue weighted by Gasteiger charge is 2.42. The molecule has 0 spiro atoms. The second-order valence-electron chi connectivity index (χ2n) is 8.35. The summed E-state index contributed by atoms with van der Waals surface area (Å²) in [6, 6.07) is 9.46. The van der Waals surface area contributed by atoms with Gasteiger partial charge in [-0.1, -0.05) is 12.5 Å². The molecule has 0 radical (unpaired) electrons. The highest BCUT2D eigenvalue weighted by atomic mass is 16.5. The van der Waals surface area contributed by atoms with Gasteiger partial charge in [-0.3, -0.25) is 9.78 Å². The number of nitrogens with one attached hydrogen (secondary N) is 1. The lowest BCUT2D eigenvalue weighted by Gasteiger charge is -2.28. The highest BCUT2D eigenvalue weighted by molar-refractivity contribution is 5.95. The fourth-order valence-corrected chi connectivity index (χ4v) is 4.98. The van der Waals surface area contributed by atoms with Gasteiger partial charge in [0.15, 0.2) is 11.5 Å². The Kier molecular flexibility index (Phi) is 6.02. The van der Waals surface area contributed by atoms with E-state index >= 15 is 0 Å². The van der Waals surface area contributed by atoms with Crippen molar-refractivity contribution in [1.82, 2.24) is 10.3 Å². The topological polar surface area (TPSA) is 60.5 Å². The summed E-state index contributed by atoms with van der Waals surface area (Å²) in [4.78, 5) is 17.0. The SMILES string of the molecule is CCOc1cc(C(=O)NC(C)C2CC3CCC2C3)ccc1OCc1cccnc1. The molecule has 4 unspecified atom stereocenters. The number of carbonyl (C=O) groups excluding carboxylic acids is 1. The Morgan fingerprint density at radius 3 is 2.79 bits per heavy atom. The van der Waals surface area contributed by atoms with Crippen LogP contribution in [0.3, 0.4) is 0 Å². The third-order valence-corrected chi connectivity index (χ3v) is 6.42. The lowest BCUT2D eigenvalue weighted by atomic mass is 9.84. The molecule has 0 aliphatic heterocycles. The molecule has 2 aliphatic rings. The van der Waals surface area contributed by atoms with Crippen LogP contribution in [0.5, 0.6) is 11.5 Å². The standard InChI is InChI=1S/C24H30N2O3/c1-3-28-23-13-20(8-9-22(23)29-15-18-5-4-10-25-14-18)24(27)26-16(2)21-12-17-6-7-19(21)11-17/h4-5,8-10,13-14,16-17,19,21H,3,6-7,11-12,15H2,1-2H3,(H,26,27). The average molecular weight is 395 g/mol. The first-order valence-electron chi connectivity index (χ1n) is 10.7. The Morgan fingerprint density at radius 1 is 1.21 bits per heavy atom. The summed E-state index contributed by atoms with van der Waals surface area (Å²) in [5.41, 5.74) is 1.59. The normalized spacial score (nSPS) is 23.6. The van der Waals surface area contributed by atoms with Crippen LogP contribution in [0.1, 0.15) is 55.5 Å². The first kappa shape index (κ1) is 19.7. The van der Waals surface area contributed by atoms with E-state index in [0.717, 1.165) is 17.4 Å². The number of hydrogen-bond donors (Lipinski definition) is 1. The molecule has 4 rings (SSSR count). The van der Waals surface area contributed by atoms with Crippen LogP contribution in [-0.2, 0) is 6.61 Å². The van der Waals surface area contributed by atoms with Crippen molar-refractivity contribution in [1.29, 1.82) is 0 Å². The number of pyridine rings is 1. The number of fused-ring (bicyclic) bond motifs is 2. The van der Waals surface area contributed by atoms with E-state index in [1.165, 1.54) is 25.7 Å². The Hall–Kier alpha value is -2.56. The zero-order valence-corrected chi connectivity index (χ0v) is 17.3. The summed E-state index contributed by atoms with van der Waals surface area (Å²) in [5, 5.41) is 3.23. The van der Waals surface area contributed by atoms with Crippen molar-refractivity contribution in [3.8, 4) is 11.5 Å².